The van der Waals surface area contributed by atoms with E-state index in [2.05, 4.69) is 14.8 Å². The second-order valence-corrected chi connectivity index (χ2v) is 9.39. The molecule has 1 aliphatic heterocycles. The van der Waals surface area contributed by atoms with Gasteiger partial charge in [-0.2, -0.15) is 0 Å². The van der Waals surface area contributed by atoms with Crippen LogP contribution in [0.25, 0.3) is 11.0 Å². The number of amides is 1. The summed E-state index contributed by atoms with van der Waals surface area (Å²) in [6, 6.07) is 14.9. The highest BCUT2D eigenvalue weighted by Gasteiger charge is 2.25. The van der Waals surface area contributed by atoms with Crippen LogP contribution in [0.3, 0.4) is 0 Å². The van der Waals surface area contributed by atoms with Gasteiger partial charge in [0.25, 0.3) is 0 Å². The molecule has 0 aliphatic carbocycles. The molecule has 0 unspecified atom stereocenters. The summed E-state index contributed by atoms with van der Waals surface area (Å²) >= 11 is 0. The number of fused-ring (bicyclic) bond motifs is 1. The molecular formula is C25H31FN4O2. The molecule has 1 fully saturated rings. The molecule has 32 heavy (non-hydrogen) atoms. The van der Waals surface area contributed by atoms with Gasteiger partial charge in [0.15, 0.2) is 0 Å². The van der Waals surface area contributed by atoms with Gasteiger partial charge in [-0.25, -0.2) is 14.2 Å². The Balaban J connectivity index is 1.45. The fourth-order valence-corrected chi connectivity index (χ4v) is 4.14. The zero-order chi connectivity index (χ0) is 22.7. The van der Waals surface area contributed by atoms with Gasteiger partial charge in [-0.05, 0) is 57.7 Å². The maximum atomic E-state index is 14.4. The Kier molecular flexibility index (Phi) is 6.35. The Morgan fingerprint density at radius 3 is 2.53 bits per heavy atom. The maximum Gasteiger partial charge on any atom is 0.407 e. The predicted molar refractivity (Wildman–Crippen MR) is 124 cm³/mol. The first-order valence-electron chi connectivity index (χ1n) is 11.2. The average Bonchev–Trinajstić information content (AvgIpc) is 3.11. The molecule has 0 saturated carbocycles. The van der Waals surface area contributed by atoms with Gasteiger partial charge >= 0.3 is 6.09 Å². The number of nitrogens with zero attached hydrogens (tertiary/aromatic N) is 3. The van der Waals surface area contributed by atoms with Gasteiger partial charge in [0.05, 0.1) is 17.6 Å². The topological polar surface area (TPSA) is 59.4 Å². The number of benzene rings is 2. The van der Waals surface area contributed by atoms with Crippen LogP contribution in [-0.4, -0.2) is 40.9 Å². The number of hydrogen-bond acceptors (Lipinski definition) is 4. The third-order valence-electron chi connectivity index (χ3n) is 5.75. The molecule has 170 valence electrons. The number of ether oxygens (including phenoxy) is 1. The van der Waals surface area contributed by atoms with Gasteiger partial charge in [-0.3, -0.25) is 0 Å². The third kappa shape index (κ3) is 5.21. The van der Waals surface area contributed by atoms with Crippen molar-refractivity contribution < 1.29 is 13.9 Å². The predicted octanol–water partition coefficient (Wildman–Crippen LogP) is 4.96. The summed E-state index contributed by atoms with van der Waals surface area (Å²) in [5, 5.41) is 2.89. The number of aromatic nitrogens is 2. The van der Waals surface area contributed by atoms with E-state index >= 15 is 0 Å². The molecule has 0 atom stereocenters. The van der Waals surface area contributed by atoms with Crippen molar-refractivity contribution in [1.29, 1.82) is 0 Å². The van der Waals surface area contributed by atoms with Crippen LogP contribution in [0.5, 0.6) is 0 Å². The second kappa shape index (κ2) is 9.18. The first-order valence-corrected chi connectivity index (χ1v) is 11.2. The quantitative estimate of drug-likeness (QED) is 0.611. The van der Waals surface area contributed by atoms with Crippen molar-refractivity contribution in [3.63, 3.8) is 0 Å². The monoisotopic (exact) mass is 438 g/mol. The Bertz CT molecular complexity index is 1080. The summed E-state index contributed by atoms with van der Waals surface area (Å²) in [5.41, 5.74) is 2.06. The zero-order valence-corrected chi connectivity index (χ0v) is 19.0. The SMILES string of the molecule is CC(C)(C)OC(=O)NCC1CCN(c2nc3ccccc3n2Cc2ccccc2F)CC1. The molecule has 3 aromatic rings. The molecule has 0 radical (unpaired) electrons. The van der Waals surface area contributed by atoms with Gasteiger partial charge in [0.1, 0.15) is 11.4 Å². The van der Waals surface area contributed by atoms with Gasteiger partial charge in [0.2, 0.25) is 5.95 Å². The van der Waals surface area contributed by atoms with Crippen LogP contribution in [0.4, 0.5) is 15.1 Å². The van der Waals surface area contributed by atoms with Crippen LogP contribution in [0, 0.1) is 11.7 Å². The summed E-state index contributed by atoms with van der Waals surface area (Å²) < 4.78 is 21.8. The number of nitrogens with one attached hydrogen (secondary N) is 1. The fourth-order valence-electron chi connectivity index (χ4n) is 4.14. The Labute approximate surface area is 188 Å². The summed E-state index contributed by atoms with van der Waals surface area (Å²) in [4.78, 5) is 19.1. The molecule has 1 aromatic heterocycles. The van der Waals surface area contributed by atoms with Crippen molar-refractivity contribution >= 4 is 23.1 Å². The van der Waals surface area contributed by atoms with Crippen molar-refractivity contribution in [1.82, 2.24) is 14.9 Å². The number of halogens is 1. The molecule has 7 heteroatoms. The normalized spacial score (nSPS) is 15.2. The summed E-state index contributed by atoms with van der Waals surface area (Å²) in [6.45, 7) is 8.29. The Morgan fingerprint density at radius 1 is 1.12 bits per heavy atom. The molecule has 4 rings (SSSR count). The minimum absolute atomic E-state index is 0.205. The molecule has 1 aliphatic rings. The molecule has 0 spiro atoms. The van der Waals surface area contributed by atoms with E-state index < -0.39 is 5.60 Å². The van der Waals surface area contributed by atoms with Crippen LogP contribution in [0.15, 0.2) is 48.5 Å². The van der Waals surface area contributed by atoms with E-state index in [1.807, 2.05) is 57.2 Å². The minimum atomic E-state index is -0.495. The van der Waals surface area contributed by atoms with Crippen molar-refractivity contribution in [2.24, 2.45) is 5.92 Å². The molecule has 0 bridgehead atoms. The zero-order valence-electron chi connectivity index (χ0n) is 19.0. The van der Waals surface area contributed by atoms with Gasteiger partial charge < -0.3 is 19.5 Å². The van der Waals surface area contributed by atoms with Gasteiger partial charge in [0, 0.05) is 25.2 Å². The standard InChI is InChI=1S/C25H31FN4O2/c1-25(2,3)32-24(31)27-16-18-12-14-29(15-13-18)23-28-21-10-6-7-11-22(21)30(23)17-19-8-4-5-9-20(19)26/h4-11,18H,12-17H2,1-3H3,(H,27,31). The number of rotatable bonds is 5. The largest absolute Gasteiger partial charge is 0.444 e. The van der Waals surface area contributed by atoms with E-state index in [1.54, 1.807) is 6.07 Å². The van der Waals surface area contributed by atoms with E-state index in [-0.39, 0.29) is 11.9 Å². The number of hydrogen-bond donors (Lipinski definition) is 1. The highest BCUT2D eigenvalue weighted by Crippen LogP contribution is 2.28. The smallest absolute Gasteiger partial charge is 0.407 e. The number of alkyl carbamates (subject to hydrolysis) is 1. The molecule has 1 amide bonds. The lowest BCUT2D eigenvalue weighted by Gasteiger charge is -2.33. The second-order valence-electron chi connectivity index (χ2n) is 9.39. The Hall–Kier alpha value is -3.09. The number of carbonyl (C=O) groups excluding carboxylic acids is 1. The molecule has 1 N–H and O–H groups in total. The van der Waals surface area contributed by atoms with E-state index in [0.717, 1.165) is 42.9 Å². The van der Waals surface area contributed by atoms with Crippen molar-refractivity contribution in [2.45, 2.75) is 45.8 Å². The van der Waals surface area contributed by atoms with Crippen LogP contribution < -0.4 is 10.2 Å². The highest BCUT2D eigenvalue weighted by atomic mass is 19.1. The molecular weight excluding hydrogens is 407 g/mol. The number of carbonyl (C=O) groups is 1. The lowest BCUT2D eigenvalue weighted by Crippen LogP contribution is -2.41. The molecule has 6 nitrogen and oxygen atoms in total. The fraction of sp³-hybridized carbons (Fsp3) is 0.440. The van der Waals surface area contributed by atoms with E-state index in [0.29, 0.717) is 24.6 Å². The number of piperidine rings is 1. The van der Waals surface area contributed by atoms with Crippen LogP contribution >= 0.6 is 0 Å². The summed E-state index contributed by atoms with van der Waals surface area (Å²) in [5.74, 6) is 1.05. The molecule has 1 saturated heterocycles. The average molecular weight is 439 g/mol. The lowest BCUT2D eigenvalue weighted by molar-refractivity contribution is 0.0516. The summed E-state index contributed by atoms with van der Waals surface area (Å²) in [6.07, 6.45) is 1.52. The van der Waals surface area contributed by atoms with Crippen molar-refractivity contribution in [3.05, 3.63) is 59.9 Å². The molecule has 2 aromatic carbocycles. The van der Waals surface area contributed by atoms with Crippen LogP contribution in [-0.2, 0) is 11.3 Å². The van der Waals surface area contributed by atoms with E-state index in [1.165, 1.54) is 6.07 Å². The minimum Gasteiger partial charge on any atom is -0.444 e. The maximum absolute atomic E-state index is 14.4. The number of anilines is 1. The number of para-hydroxylation sites is 2. The highest BCUT2D eigenvalue weighted by molar-refractivity contribution is 5.79. The first kappa shape index (κ1) is 22.1. The third-order valence-corrected chi connectivity index (χ3v) is 5.75. The summed E-state index contributed by atoms with van der Waals surface area (Å²) in [7, 11) is 0. The van der Waals surface area contributed by atoms with Crippen molar-refractivity contribution in [3.8, 4) is 0 Å². The molecule has 2 heterocycles. The first-order chi connectivity index (χ1) is 15.3. The van der Waals surface area contributed by atoms with Crippen molar-refractivity contribution in [2.75, 3.05) is 24.5 Å². The number of imidazole rings is 1. The van der Waals surface area contributed by atoms with E-state index in [9.17, 15) is 9.18 Å². The van der Waals surface area contributed by atoms with Crippen LogP contribution in [0.1, 0.15) is 39.2 Å². The Morgan fingerprint density at radius 2 is 1.81 bits per heavy atom. The van der Waals surface area contributed by atoms with E-state index in [4.69, 9.17) is 9.72 Å². The lowest BCUT2D eigenvalue weighted by atomic mass is 9.97. The van der Waals surface area contributed by atoms with Gasteiger partial charge in [-0.1, -0.05) is 30.3 Å². The van der Waals surface area contributed by atoms with Crippen LogP contribution in [0.2, 0.25) is 0 Å². The van der Waals surface area contributed by atoms with Gasteiger partial charge in [-0.15, -0.1) is 0 Å².